The van der Waals surface area contributed by atoms with E-state index in [-0.39, 0.29) is 17.3 Å². The van der Waals surface area contributed by atoms with Crippen LogP contribution in [0.1, 0.15) is 19.6 Å². The van der Waals surface area contributed by atoms with E-state index in [0.29, 0.717) is 11.4 Å². The molecule has 25 heavy (non-hydrogen) atoms. The van der Waals surface area contributed by atoms with Gasteiger partial charge in [0, 0.05) is 12.6 Å². The molecule has 0 aliphatic heterocycles. The minimum absolute atomic E-state index is 0.00714. The van der Waals surface area contributed by atoms with E-state index in [1.807, 2.05) is 0 Å². The number of carbonyl (C=O) groups is 2. The topological polar surface area (TPSA) is 118 Å². The number of amides is 2. The molecule has 0 fully saturated rings. The first-order valence-electron chi connectivity index (χ1n) is 7.48. The van der Waals surface area contributed by atoms with Crippen LogP contribution >= 0.6 is 0 Å². The smallest absolute Gasteiger partial charge is 0.241 e. The van der Waals surface area contributed by atoms with Crippen molar-refractivity contribution in [3.8, 4) is 0 Å². The van der Waals surface area contributed by atoms with E-state index in [1.165, 1.54) is 44.4 Å². The molecule has 1 atom stereocenters. The normalized spacial score (nSPS) is 12.4. The fraction of sp³-hybridized carbons (Fsp3) is 0.250. The number of sulfonamides is 1. The van der Waals surface area contributed by atoms with Crippen LogP contribution in [0.4, 0.5) is 5.69 Å². The molecule has 0 spiro atoms. The highest BCUT2D eigenvalue weighted by Gasteiger charge is 2.22. The van der Waals surface area contributed by atoms with Gasteiger partial charge in [-0.1, -0.05) is 0 Å². The lowest BCUT2D eigenvalue weighted by molar-refractivity contribution is -0.122. The second kappa shape index (κ2) is 7.95. The average molecular weight is 365 g/mol. The molecule has 2 rings (SSSR count). The van der Waals surface area contributed by atoms with Crippen LogP contribution in [0.15, 0.2) is 52.0 Å². The SMILES string of the molecule is CC(=O)Nc1ccc(S(=O)(=O)NC(C)C(=O)NCc2ccco2)cc1. The van der Waals surface area contributed by atoms with Crippen LogP contribution in [0.5, 0.6) is 0 Å². The molecule has 2 aromatic rings. The highest BCUT2D eigenvalue weighted by Crippen LogP contribution is 2.14. The zero-order valence-electron chi connectivity index (χ0n) is 13.8. The summed E-state index contributed by atoms with van der Waals surface area (Å²) in [6.45, 7) is 2.97. The molecule has 8 nitrogen and oxygen atoms in total. The fourth-order valence-corrected chi connectivity index (χ4v) is 3.22. The van der Waals surface area contributed by atoms with Crippen LogP contribution in [0, 0.1) is 0 Å². The summed E-state index contributed by atoms with van der Waals surface area (Å²) >= 11 is 0. The highest BCUT2D eigenvalue weighted by atomic mass is 32.2. The zero-order chi connectivity index (χ0) is 18.4. The Bertz CT molecular complexity index is 829. The quantitative estimate of drug-likeness (QED) is 0.682. The van der Waals surface area contributed by atoms with Crippen molar-refractivity contribution < 1.29 is 22.4 Å². The number of benzene rings is 1. The monoisotopic (exact) mass is 365 g/mol. The van der Waals surface area contributed by atoms with E-state index in [2.05, 4.69) is 15.4 Å². The number of furan rings is 1. The molecular formula is C16H19N3O5S. The molecule has 0 aliphatic rings. The van der Waals surface area contributed by atoms with Gasteiger partial charge in [-0.2, -0.15) is 4.72 Å². The summed E-state index contributed by atoms with van der Waals surface area (Å²) in [5, 5.41) is 5.13. The third-order valence-corrected chi connectivity index (χ3v) is 4.78. The molecule has 0 saturated heterocycles. The summed E-state index contributed by atoms with van der Waals surface area (Å²) in [4.78, 5) is 23.0. The third kappa shape index (κ3) is 5.44. The van der Waals surface area contributed by atoms with Crippen molar-refractivity contribution in [2.45, 2.75) is 31.3 Å². The Kier molecular flexibility index (Phi) is 5.94. The summed E-state index contributed by atoms with van der Waals surface area (Å²) in [5.41, 5.74) is 0.482. The van der Waals surface area contributed by atoms with Gasteiger partial charge in [0.05, 0.1) is 23.7 Å². The third-order valence-electron chi connectivity index (χ3n) is 3.23. The summed E-state index contributed by atoms with van der Waals surface area (Å²) in [7, 11) is -3.87. The Morgan fingerprint density at radius 2 is 1.84 bits per heavy atom. The minimum Gasteiger partial charge on any atom is -0.467 e. The van der Waals surface area contributed by atoms with Crippen molar-refractivity contribution in [2.75, 3.05) is 5.32 Å². The largest absolute Gasteiger partial charge is 0.467 e. The second-order valence-electron chi connectivity index (χ2n) is 5.35. The second-order valence-corrected chi connectivity index (χ2v) is 7.06. The van der Waals surface area contributed by atoms with Crippen molar-refractivity contribution in [2.24, 2.45) is 0 Å². The van der Waals surface area contributed by atoms with Crippen molar-refractivity contribution in [3.05, 3.63) is 48.4 Å². The highest BCUT2D eigenvalue weighted by molar-refractivity contribution is 7.89. The summed E-state index contributed by atoms with van der Waals surface area (Å²) in [6.07, 6.45) is 1.48. The average Bonchev–Trinajstić information content (AvgIpc) is 3.05. The van der Waals surface area contributed by atoms with Crippen molar-refractivity contribution in [1.29, 1.82) is 0 Å². The summed E-state index contributed by atoms with van der Waals surface area (Å²) in [5.74, 6) is -0.164. The molecule has 0 aliphatic carbocycles. The zero-order valence-corrected chi connectivity index (χ0v) is 14.6. The van der Waals surface area contributed by atoms with Gasteiger partial charge in [0.2, 0.25) is 21.8 Å². The van der Waals surface area contributed by atoms with E-state index in [4.69, 9.17) is 4.42 Å². The first-order valence-corrected chi connectivity index (χ1v) is 8.96. The number of carbonyl (C=O) groups excluding carboxylic acids is 2. The molecule has 134 valence electrons. The van der Waals surface area contributed by atoms with Crippen LogP contribution < -0.4 is 15.4 Å². The molecular weight excluding hydrogens is 346 g/mol. The Hall–Kier alpha value is -2.65. The van der Waals surface area contributed by atoms with Gasteiger partial charge < -0.3 is 15.1 Å². The standard InChI is InChI=1S/C16H19N3O5S/c1-11(16(21)17-10-14-4-3-9-24-14)19-25(22,23)15-7-5-13(6-8-15)18-12(2)20/h3-9,11,19H,10H2,1-2H3,(H,17,21)(H,18,20). The first kappa shape index (κ1) is 18.7. The van der Waals surface area contributed by atoms with Crippen molar-refractivity contribution in [3.63, 3.8) is 0 Å². The van der Waals surface area contributed by atoms with Gasteiger partial charge in [-0.15, -0.1) is 0 Å². The lowest BCUT2D eigenvalue weighted by Gasteiger charge is -2.14. The van der Waals surface area contributed by atoms with E-state index in [0.717, 1.165) is 0 Å². The molecule has 9 heteroatoms. The Balaban J connectivity index is 1.96. The predicted molar refractivity (Wildman–Crippen MR) is 91.1 cm³/mol. The van der Waals surface area contributed by atoms with Gasteiger partial charge in [-0.3, -0.25) is 9.59 Å². The number of hydrogen-bond donors (Lipinski definition) is 3. The van der Waals surface area contributed by atoms with Crippen LogP contribution in [0.3, 0.4) is 0 Å². The Morgan fingerprint density at radius 3 is 2.40 bits per heavy atom. The van der Waals surface area contributed by atoms with Crippen LogP contribution in [-0.4, -0.2) is 26.3 Å². The van der Waals surface area contributed by atoms with Crippen molar-refractivity contribution >= 4 is 27.5 Å². The molecule has 1 aromatic carbocycles. The van der Waals surface area contributed by atoms with Gasteiger partial charge in [0.25, 0.3) is 0 Å². The fourth-order valence-electron chi connectivity index (χ4n) is 2.02. The maximum absolute atomic E-state index is 12.3. The molecule has 3 N–H and O–H groups in total. The predicted octanol–water partition coefficient (Wildman–Crippen LogP) is 1.22. The molecule has 1 unspecified atom stereocenters. The molecule has 0 saturated carbocycles. The Morgan fingerprint density at radius 1 is 1.16 bits per heavy atom. The van der Waals surface area contributed by atoms with Gasteiger partial charge >= 0.3 is 0 Å². The first-order chi connectivity index (χ1) is 11.8. The lowest BCUT2D eigenvalue weighted by Crippen LogP contribution is -2.44. The molecule has 0 bridgehead atoms. The van der Waals surface area contributed by atoms with Crippen LogP contribution in [0.25, 0.3) is 0 Å². The van der Waals surface area contributed by atoms with E-state index < -0.39 is 22.0 Å². The maximum atomic E-state index is 12.3. The number of anilines is 1. The minimum atomic E-state index is -3.87. The number of nitrogens with one attached hydrogen (secondary N) is 3. The maximum Gasteiger partial charge on any atom is 0.241 e. The van der Waals surface area contributed by atoms with Crippen LogP contribution in [0.2, 0.25) is 0 Å². The van der Waals surface area contributed by atoms with Crippen molar-refractivity contribution in [1.82, 2.24) is 10.0 Å². The molecule has 0 radical (unpaired) electrons. The molecule has 2 amide bonds. The van der Waals surface area contributed by atoms with Gasteiger partial charge in [-0.25, -0.2) is 8.42 Å². The van der Waals surface area contributed by atoms with Gasteiger partial charge in [0.1, 0.15) is 5.76 Å². The molecule has 1 heterocycles. The Labute approximate surface area is 145 Å². The lowest BCUT2D eigenvalue weighted by atomic mass is 10.3. The molecule has 1 aromatic heterocycles. The summed E-state index contributed by atoms with van der Waals surface area (Å²) in [6, 6.07) is 8.07. The van der Waals surface area contributed by atoms with E-state index in [9.17, 15) is 18.0 Å². The number of hydrogen-bond acceptors (Lipinski definition) is 5. The van der Waals surface area contributed by atoms with Crippen LogP contribution in [-0.2, 0) is 26.2 Å². The number of rotatable bonds is 7. The van der Waals surface area contributed by atoms with E-state index in [1.54, 1.807) is 12.1 Å². The van der Waals surface area contributed by atoms with E-state index >= 15 is 0 Å². The summed E-state index contributed by atoms with van der Waals surface area (Å²) < 4.78 is 32.0. The van der Waals surface area contributed by atoms with Gasteiger partial charge in [0.15, 0.2) is 0 Å². The van der Waals surface area contributed by atoms with Gasteiger partial charge in [-0.05, 0) is 43.3 Å².